The summed E-state index contributed by atoms with van der Waals surface area (Å²) in [6.45, 7) is 1.98. The number of nitriles is 1. The molecule has 0 aliphatic heterocycles. The van der Waals surface area contributed by atoms with Crippen LogP contribution in [0.5, 0.6) is 0 Å². The predicted octanol–water partition coefficient (Wildman–Crippen LogP) is 2.63. The number of hydrogen-bond acceptors (Lipinski definition) is 4. The van der Waals surface area contributed by atoms with Crippen molar-refractivity contribution in [1.29, 1.82) is 5.26 Å². The van der Waals surface area contributed by atoms with Gasteiger partial charge in [-0.3, -0.25) is 4.98 Å². The summed E-state index contributed by atoms with van der Waals surface area (Å²) in [5.41, 5.74) is 2.88. The van der Waals surface area contributed by atoms with Gasteiger partial charge >= 0.3 is 0 Å². The molecule has 0 saturated carbocycles. The second kappa shape index (κ2) is 4.89. The van der Waals surface area contributed by atoms with Crippen LogP contribution in [0.15, 0.2) is 24.8 Å². The first kappa shape index (κ1) is 11.5. The second-order valence-electron chi connectivity index (χ2n) is 3.42. The average Bonchev–Trinajstić information content (AvgIpc) is 2.38. The van der Waals surface area contributed by atoms with Crippen LogP contribution in [0.1, 0.15) is 18.1 Å². The van der Waals surface area contributed by atoms with Crippen LogP contribution >= 0.6 is 11.6 Å². The summed E-state index contributed by atoms with van der Waals surface area (Å²) in [6.07, 6.45) is 5.32. The smallest absolute Gasteiger partial charge is 0.136 e. The normalized spacial score (nSPS) is 9.94. The van der Waals surface area contributed by atoms with Crippen molar-refractivity contribution < 1.29 is 0 Å². The molecule has 0 bridgehead atoms. The average molecular weight is 245 g/mol. The quantitative estimate of drug-likeness (QED) is 0.762. The van der Waals surface area contributed by atoms with E-state index in [4.69, 9.17) is 16.9 Å². The molecule has 0 aliphatic rings. The van der Waals surface area contributed by atoms with Crippen molar-refractivity contribution in [2.24, 2.45) is 0 Å². The monoisotopic (exact) mass is 244 g/mol. The van der Waals surface area contributed by atoms with Gasteiger partial charge in [-0.15, -0.1) is 0 Å². The second-order valence-corrected chi connectivity index (χ2v) is 3.78. The van der Waals surface area contributed by atoms with Crippen molar-refractivity contribution in [3.63, 3.8) is 0 Å². The zero-order valence-corrected chi connectivity index (χ0v) is 9.94. The van der Waals surface area contributed by atoms with Gasteiger partial charge in [0.1, 0.15) is 17.5 Å². The van der Waals surface area contributed by atoms with Gasteiger partial charge in [0.25, 0.3) is 0 Å². The number of rotatable bonds is 2. The van der Waals surface area contributed by atoms with Crippen LogP contribution in [0.2, 0.25) is 5.15 Å². The van der Waals surface area contributed by atoms with Gasteiger partial charge in [0.15, 0.2) is 0 Å². The van der Waals surface area contributed by atoms with Gasteiger partial charge < -0.3 is 0 Å². The highest BCUT2D eigenvalue weighted by atomic mass is 35.5. The standard InChI is InChI=1S/C12H9ClN4/c1-2-10-11(16-7-17-12(10)13)9-3-8(4-14)5-15-6-9/h3,5-7H,2H2,1H3. The molecule has 4 nitrogen and oxygen atoms in total. The van der Waals surface area contributed by atoms with E-state index in [1.807, 2.05) is 6.92 Å². The summed E-state index contributed by atoms with van der Waals surface area (Å²) in [4.78, 5) is 12.2. The first-order valence-electron chi connectivity index (χ1n) is 5.11. The summed E-state index contributed by atoms with van der Waals surface area (Å²) in [7, 11) is 0. The minimum absolute atomic E-state index is 0.444. The first-order chi connectivity index (χ1) is 8.26. The highest BCUT2D eigenvalue weighted by molar-refractivity contribution is 6.30. The maximum Gasteiger partial charge on any atom is 0.136 e. The minimum atomic E-state index is 0.444. The molecule has 0 aliphatic carbocycles. The third-order valence-electron chi connectivity index (χ3n) is 2.39. The maximum atomic E-state index is 8.84. The van der Waals surface area contributed by atoms with Crippen molar-refractivity contribution in [3.05, 3.63) is 41.1 Å². The van der Waals surface area contributed by atoms with Crippen LogP contribution in [-0.4, -0.2) is 15.0 Å². The van der Waals surface area contributed by atoms with Gasteiger partial charge in [-0.1, -0.05) is 18.5 Å². The molecule has 17 heavy (non-hydrogen) atoms. The van der Waals surface area contributed by atoms with E-state index in [2.05, 4.69) is 21.0 Å². The van der Waals surface area contributed by atoms with E-state index in [1.54, 1.807) is 12.3 Å². The predicted molar refractivity (Wildman–Crippen MR) is 64.4 cm³/mol. The number of nitrogens with zero attached hydrogens (tertiary/aromatic N) is 4. The molecular weight excluding hydrogens is 236 g/mol. The Morgan fingerprint density at radius 1 is 1.35 bits per heavy atom. The summed E-state index contributed by atoms with van der Waals surface area (Å²) in [5, 5.41) is 9.29. The van der Waals surface area contributed by atoms with E-state index in [-0.39, 0.29) is 0 Å². The number of halogens is 1. The Balaban J connectivity index is 2.60. The number of pyridine rings is 1. The lowest BCUT2D eigenvalue weighted by Gasteiger charge is -2.07. The molecule has 0 amide bonds. The van der Waals surface area contributed by atoms with Crippen molar-refractivity contribution in [2.75, 3.05) is 0 Å². The zero-order valence-electron chi connectivity index (χ0n) is 9.18. The third kappa shape index (κ3) is 2.24. The lowest BCUT2D eigenvalue weighted by Crippen LogP contribution is -1.96. The molecule has 0 N–H and O–H groups in total. The number of aromatic nitrogens is 3. The third-order valence-corrected chi connectivity index (χ3v) is 2.71. The lowest BCUT2D eigenvalue weighted by atomic mass is 10.1. The Hall–Kier alpha value is -1.99. The van der Waals surface area contributed by atoms with Crippen molar-refractivity contribution in [3.8, 4) is 17.3 Å². The van der Waals surface area contributed by atoms with Crippen molar-refractivity contribution in [1.82, 2.24) is 15.0 Å². The topological polar surface area (TPSA) is 62.5 Å². The van der Waals surface area contributed by atoms with Crippen LogP contribution < -0.4 is 0 Å². The Bertz CT molecular complexity index is 589. The van der Waals surface area contributed by atoms with Gasteiger partial charge in [-0.25, -0.2) is 9.97 Å². The summed E-state index contributed by atoms with van der Waals surface area (Å²) in [5.74, 6) is 0. The van der Waals surface area contributed by atoms with E-state index in [9.17, 15) is 0 Å². The van der Waals surface area contributed by atoms with Crippen LogP contribution in [0.3, 0.4) is 0 Å². The van der Waals surface area contributed by atoms with E-state index < -0.39 is 0 Å². The summed E-state index contributed by atoms with van der Waals surface area (Å²) < 4.78 is 0. The molecule has 2 heterocycles. The van der Waals surface area contributed by atoms with Gasteiger partial charge in [0.05, 0.1) is 11.3 Å². The molecule has 0 radical (unpaired) electrons. The van der Waals surface area contributed by atoms with Crippen LogP contribution in [0.25, 0.3) is 11.3 Å². The molecule has 2 rings (SSSR count). The molecule has 0 atom stereocenters. The molecule has 0 spiro atoms. The molecule has 5 heteroatoms. The van der Waals surface area contributed by atoms with Crippen LogP contribution in [0, 0.1) is 11.3 Å². The Morgan fingerprint density at radius 3 is 2.88 bits per heavy atom. The number of hydrogen-bond donors (Lipinski definition) is 0. The molecule has 84 valence electrons. The molecular formula is C12H9ClN4. The Labute approximate surface area is 104 Å². The van der Waals surface area contributed by atoms with E-state index in [1.165, 1.54) is 12.5 Å². The highest BCUT2D eigenvalue weighted by Crippen LogP contribution is 2.25. The van der Waals surface area contributed by atoms with E-state index in [0.717, 1.165) is 23.2 Å². The fourth-order valence-corrected chi connectivity index (χ4v) is 1.85. The minimum Gasteiger partial charge on any atom is -0.263 e. The Morgan fingerprint density at radius 2 is 2.18 bits per heavy atom. The van der Waals surface area contributed by atoms with Crippen LogP contribution in [0.4, 0.5) is 0 Å². The highest BCUT2D eigenvalue weighted by Gasteiger charge is 2.10. The molecule has 0 aromatic carbocycles. The lowest BCUT2D eigenvalue weighted by molar-refractivity contribution is 1.05. The van der Waals surface area contributed by atoms with Gasteiger partial charge in [-0.05, 0) is 12.5 Å². The fourth-order valence-electron chi connectivity index (χ4n) is 1.58. The molecule has 0 fully saturated rings. The molecule has 0 unspecified atom stereocenters. The zero-order chi connectivity index (χ0) is 12.3. The largest absolute Gasteiger partial charge is 0.263 e. The molecule has 2 aromatic heterocycles. The van der Waals surface area contributed by atoms with Crippen molar-refractivity contribution in [2.45, 2.75) is 13.3 Å². The SMILES string of the molecule is CCc1c(Cl)ncnc1-c1cncc(C#N)c1. The van der Waals surface area contributed by atoms with Gasteiger partial charge in [-0.2, -0.15) is 5.26 Å². The van der Waals surface area contributed by atoms with Crippen LogP contribution in [-0.2, 0) is 6.42 Å². The van der Waals surface area contributed by atoms with Gasteiger partial charge in [0, 0.05) is 23.5 Å². The molecule has 0 saturated heterocycles. The fraction of sp³-hybridized carbons (Fsp3) is 0.167. The Kier molecular flexibility index (Phi) is 3.31. The first-order valence-corrected chi connectivity index (χ1v) is 5.49. The maximum absolute atomic E-state index is 8.84. The van der Waals surface area contributed by atoms with Crippen molar-refractivity contribution >= 4 is 11.6 Å². The molecule has 2 aromatic rings. The summed E-state index contributed by atoms with van der Waals surface area (Å²) in [6, 6.07) is 3.79. The van der Waals surface area contributed by atoms with E-state index in [0.29, 0.717) is 10.7 Å². The van der Waals surface area contributed by atoms with E-state index >= 15 is 0 Å². The van der Waals surface area contributed by atoms with Gasteiger partial charge in [0.2, 0.25) is 0 Å². The summed E-state index contributed by atoms with van der Waals surface area (Å²) >= 11 is 6.02.